The van der Waals surface area contributed by atoms with Crippen LogP contribution in [0.2, 0.25) is 0 Å². The van der Waals surface area contributed by atoms with Crippen molar-refractivity contribution in [2.75, 3.05) is 5.88 Å². The largest absolute Gasteiger partial charge is 0.273 e. The van der Waals surface area contributed by atoms with E-state index >= 15 is 0 Å². The van der Waals surface area contributed by atoms with Gasteiger partial charge in [-0.3, -0.25) is 4.99 Å². The molecule has 0 heterocycles. The molecule has 0 N–H and O–H groups in total. The summed E-state index contributed by atoms with van der Waals surface area (Å²) in [4.78, 5) is 4.28. The number of alkyl halides is 1. The van der Waals surface area contributed by atoms with Crippen molar-refractivity contribution in [1.82, 2.24) is 0 Å². The molecule has 0 aliphatic carbocycles. The van der Waals surface area contributed by atoms with Gasteiger partial charge in [-0.2, -0.15) is 5.26 Å². The van der Waals surface area contributed by atoms with Crippen molar-refractivity contribution < 1.29 is 0 Å². The number of nitrogens with zero attached hydrogens (tertiary/aromatic N) is 2. The molecule has 1 aromatic carbocycles. The summed E-state index contributed by atoms with van der Waals surface area (Å²) in [6.45, 7) is 3.88. The van der Waals surface area contributed by atoms with Gasteiger partial charge in [0.15, 0.2) is 0 Å². The van der Waals surface area contributed by atoms with Crippen LogP contribution in [-0.4, -0.2) is 18.1 Å². The van der Waals surface area contributed by atoms with Crippen molar-refractivity contribution in [1.29, 1.82) is 5.26 Å². The minimum atomic E-state index is -0.412. The summed E-state index contributed by atoms with van der Waals surface area (Å²) in [6.07, 6.45) is 1.72. The highest BCUT2D eigenvalue weighted by Gasteiger charge is 2.27. The number of nitriles is 1. The molecular weight excluding hydrogens is 220 g/mol. The Hall–Kier alpha value is -1.33. The Morgan fingerprint density at radius 3 is 2.56 bits per heavy atom. The van der Waals surface area contributed by atoms with Gasteiger partial charge in [0.05, 0.1) is 6.07 Å². The molecule has 0 spiro atoms. The van der Waals surface area contributed by atoms with Gasteiger partial charge in [-0.1, -0.05) is 44.2 Å². The Kier molecular flexibility index (Phi) is 4.52. The molecule has 0 bridgehead atoms. The molecule has 0 amide bonds. The maximum atomic E-state index is 9.05. The molecule has 0 saturated carbocycles. The van der Waals surface area contributed by atoms with Gasteiger partial charge in [-0.05, 0) is 5.56 Å². The predicted octanol–water partition coefficient (Wildman–Crippen LogP) is 3.26. The third kappa shape index (κ3) is 3.36. The van der Waals surface area contributed by atoms with Gasteiger partial charge in [-0.15, -0.1) is 11.6 Å². The summed E-state index contributed by atoms with van der Waals surface area (Å²) >= 11 is 5.82. The van der Waals surface area contributed by atoms with Crippen LogP contribution in [0.3, 0.4) is 0 Å². The van der Waals surface area contributed by atoms with Crippen LogP contribution in [0.4, 0.5) is 0 Å². The monoisotopic (exact) mass is 234 g/mol. The fourth-order valence-corrected chi connectivity index (χ4v) is 1.33. The van der Waals surface area contributed by atoms with E-state index in [1.807, 2.05) is 44.2 Å². The average molecular weight is 235 g/mol. The molecule has 0 aliphatic heterocycles. The smallest absolute Gasteiger partial charge is 0.142 e. The molecule has 1 unspecified atom stereocenters. The number of aliphatic imine (C=N–C) groups is 1. The van der Waals surface area contributed by atoms with Gasteiger partial charge in [0.2, 0.25) is 0 Å². The summed E-state index contributed by atoms with van der Waals surface area (Å²) in [5.41, 5.74) is 0.690. The Morgan fingerprint density at radius 1 is 1.44 bits per heavy atom. The van der Waals surface area contributed by atoms with Crippen LogP contribution in [0.15, 0.2) is 35.3 Å². The Balaban J connectivity index is 2.80. The van der Waals surface area contributed by atoms with E-state index in [9.17, 15) is 0 Å². The van der Waals surface area contributed by atoms with E-state index in [2.05, 4.69) is 11.1 Å². The van der Waals surface area contributed by atoms with Crippen LogP contribution < -0.4 is 0 Å². The Bertz CT molecular complexity index is 390. The lowest BCUT2D eigenvalue weighted by molar-refractivity contribution is 0.381. The first-order valence-electron chi connectivity index (χ1n) is 5.14. The minimum Gasteiger partial charge on any atom is -0.273 e. The van der Waals surface area contributed by atoms with Crippen molar-refractivity contribution in [3.05, 3.63) is 35.9 Å². The second-order valence-corrected chi connectivity index (χ2v) is 4.61. The number of benzene rings is 1. The van der Waals surface area contributed by atoms with Gasteiger partial charge < -0.3 is 0 Å². The van der Waals surface area contributed by atoms with Gasteiger partial charge in [-0.25, -0.2) is 0 Å². The van der Waals surface area contributed by atoms with Crippen LogP contribution in [0.5, 0.6) is 0 Å². The third-order valence-electron chi connectivity index (χ3n) is 2.38. The number of rotatable bonds is 4. The molecule has 1 atom stereocenters. The average Bonchev–Trinajstić information content (AvgIpc) is 2.31. The summed E-state index contributed by atoms with van der Waals surface area (Å²) in [7, 11) is 0. The normalized spacial score (nSPS) is 13.6. The van der Waals surface area contributed by atoms with Crippen LogP contribution in [-0.2, 0) is 0 Å². The first kappa shape index (κ1) is 12.7. The molecule has 1 rings (SSSR count). The zero-order valence-corrected chi connectivity index (χ0v) is 10.3. The zero-order chi connectivity index (χ0) is 12.0. The molecule has 2 nitrogen and oxygen atoms in total. The van der Waals surface area contributed by atoms with Crippen LogP contribution in [0.25, 0.3) is 0 Å². The van der Waals surface area contributed by atoms with E-state index in [-0.39, 0.29) is 5.41 Å². The van der Waals surface area contributed by atoms with Gasteiger partial charge in [0.25, 0.3) is 0 Å². The lowest BCUT2D eigenvalue weighted by atomic mass is 9.88. The fraction of sp³-hybridized carbons (Fsp3) is 0.385. The molecule has 84 valence electrons. The van der Waals surface area contributed by atoms with Crippen molar-refractivity contribution in [2.45, 2.75) is 19.9 Å². The Labute approximate surface area is 102 Å². The summed E-state index contributed by atoms with van der Waals surface area (Å²) in [5.74, 6) is 0.414. The number of halogens is 1. The first-order valence-corrected chi connectivity index (χ1v) is 5.67. The molecule has 1 aromatic rings. The molecule has 0 aliphatic rings. The molecule has 0 saturated heterocycles. The van der Waals surface area contributed by atoms with Crippen molar-refractivity contribution in [3.8, 4) is 6.07 Å². The second kappa shape index (κ2) is 5.67. The van der Waals surface area contributed by atoms with E-state index in [1.165, 1.54) is 0 Å². The molecular formula is C13H15ClN2. The highest BCUT2D eigenvalue weighted by Crippen LogP contribution is 2.24. The predicted molar refractivity (Wildman–Crippen MR) is 67.9 cm³/mol. The maximum absolute atomic E-state index is 9.05. The maximum Gasteiger partial charge on any atom is 0.142 e. The summed E-state index contributed by atoms with van der Waals surface area (Å²) in [5, 5.41) is 9.05. The van der Waals surface area contributed by atoms with Crippen molar-refractivity contribution in [2.24, 2.45) is 10.4 Å². The lowest BCUT2D eigenvalue weighted by Crippen LogP contribution is -2.28. The highest BCUT2D eigenvalue weighted by molar-refractivity contribution is 6.18. The summed E-state index contributed by atoms with van der Waals surface area (Å²) in [6, 6.07) is 11.5. The molecule has 0 aromatic heterocycles. The van der Waals surface area contributed by atoms with Crippen LogP contribution in [0, 0.1) is 16.7 Å². The van der Waals surface area contributed by atoms with Crippen molar-refractivity contribution in [3.63, 3.8) is 0 Å². The topological polar surface area (TPSA) is 36.1 Å². The third-order valence-corrected chi connectivity index (χ3v) is 3.07. The van der Waals surface area contributed by atoms with E-state index in [4.69, 9.17) is 16.9 Å². The van der Waals surface area contributed by atoms with E-state index < -0.39 is 6.04 Å². The summed E-state index contributed by atoms with van der Waals surface area (Å²) < 4.78 is 0. The van der Waals surface area contributed by atoms with Crippen LogP contribution >= 0.6 is 11.6 Å². The molecule has 16 heavy (non-hydrogen) atoms. The Morgan fingerprint density at radius 2 is 2.06 bits per heavy atom. The standard InChI is InChI=1S/C13H15ClN2/c1-13(2,10-14)12(8-15)16-9-11-6-4-3-5-7-11/h3-7,9,12H,10H2,1-2H3. The second-order valence-electron chi connectivity index (χ2n) is 4.34. The van der Waals surface area contributed by atoms with E-state index in [1.54, 1.807) is 6.21 Å². The SMILES string of the molecule is CC(C)(CCl)C(C#N)N=Cc1ccccc1. The van der Waals surface area contributed by atoms with Crippen molar-refractivity contribution >= 4 is 17.8 Å². The minimum absolute atomic E-state index is 0.304. The van der Waals surface area contributed by atoms with Gasteiger partial charge >= 0.3 is 0 Å². The lowest BCUT2D eigenvalue weighted by Gasteiger charge is -2.23. The van der Waals surface area contributed by atoms with E-state index in [0.29, 0.717) is 5.88 Å². The van der Waals surface area contributed by atoms with E-state index in [0.717, 1.165) is 5.56 Å². The number of hydrogen-bond donors (Lipinski definition) is 0. The van der Waals surface area contributed by atoms with Gasteiger partial charge in [0, 0.05) is 17.5 Å². The quantitative estimate of drug-likeness (QED) is 0.582. The molecule has 0 radical (unpaired) electrons. The van der Waals surface area contributed by atoms with Crippen LogP contribution in [0.1, 0.15) is 19.4 Å². The first-order chi connectivity index (χ1) is 7.60. The fourth-order valence-electron chi connectivity index (χ4n) is 1.18. The zero-order valence-electron chi connectivity index (χ0n) is 9.52. The highest BCUT2D eigenvalue weighted by atomic mass is 35.5. The molecule has 3 heteroatoms. The van der Waals surface area contributed by atoms with Gasteiger partial charge in [0.1, 0.15) is 6.04 Å². The number of hydrogen-bond acceptors (Lipinski definition) is 2. The molecule has 0 fully saturated rings.